The normalized spacial score (nSPS) is 22.1. The molecule has 0 aliphatic carbocycles. The molecule has 0 spiro atoms. The van der Waals surface area contributed by atoms with E-state index in [4.69, 9.17) is 9.47 Å². The highest BCUT2D eigenvalue weighted by molar-refractivity contribution is 7.85. The molecule has 1 fully saturated rings. The monoisotopic (exact) mass is 383 g/mol. The van der Waals surface area contributed by atoms with Gasteiger partial charge in [0.2, 0.25) is 0 Å². The summed E-state index contributed by atoms with van der Waals surface area (Å²) in [6, 6.07) is 6.73. The summed E-state index contributed by atoms with van der Waals surface area (Å²) in [6.07, 6.45) is -1.54. The number of carbonyl (C=O) groups excluding carboxylic acids is 1. The van der Waals surface area contributed by atoms with E-state index in [-0.39, 0.29) is 12.4 Å². The smallest absolute Gasteiger partial charge is 0.412 e. The highest BCUT2D eigenvalue weighted by Crippen LogP contribution is 2.31. The van der Waals surface area contributed by atoms with Crippen molar-refractivity contribution in [3.8, 4) is 0 Å². The number of rotatable bonds is 4. The van der Waals surface area contributed by atoms with Crippen molar-refractivity contribution >= 4 is 16.9 Å². The third-order valence-corrected chi connectivity index (χ3v) is 5.60. The largest absolute Gasteiger partial charge is 0.444 e. The predicted octanol–water partition coefficient (Wildman–Crippen LogP) is 2.84. The van der Waals surface area contributed by atoms with E-state index in [1.807, 2.05) is 19.1 Å². The summed E-state index contributed by atoms with van der Waals surface area (Å²) in [5.74, 6) is 0.0203. The van der Waals surface area contributed by atoms with Crippen LogP contribution in [0.15, 0.2) is 29.2 Å². The second-order valence-electron chi connectivity index (χ2n) is 8.07. The van der Waals surface area contributed by atoms with E-state index in [9.17, 15) is 14.1 Å². The van der Waals surface area contributed by atoms with Crippen molar-refractivity contribution < 1.29 is 23.6 Å². The van der Waals surface area contributed by atoms with Gasteiger partial charge in [-0.1, -0.05) is 17.7 Å². The van der Waals surface area contributed by atoms with Gasteiger partial charge in [-0.05, 0) is 53.7 Å². The molecule has 1 amide bonds. The lowest BCUT2D eigenvalue weighted by Gasteiger charge is -2.36. The Balaban J connectivity index is 2.12. The highest BCUT2D eigenvalue weighted by Gasteiger charge is 2.48. The van der Waals surface area contributed by atoms with E-state index >= 15 is 0 Å². The summed E-state index contributed by atoms with van der Waals surface area (Å²) >= 11 is 0. The number of aryl methyl sites for hydroxylation is 1. The molecule has 0 saturated carbocycles. The molecule has 2 rings (SSSR count). The molecule has 7 heteroatoms. The molecule has 1 saturated heterocycles. The number of aliphatic hydroxyl groups is 1. The number of hydrogen-bond acceptors (Lipinski definition) is 5. The summed E-state index contributed by atoms with van der Waals surface area (Å²) in [7, 11) is -1.37. The van der Waals surface area contributed by atoms with Crippen molar-refractivity contribution in [2.45, 2.75) is 69.9 Å². The Morgan fingerprint density at radius 3 is 2.50 bits per heavy atom. The standard InChI is InChI=1S/C19H29NO5S/c1-13-7-9-14(10-8-13)26(23)12-16(21)15-11-24-19(5,6)20(15)17(22)25-18(2,3)4/h7-10,15-16,21H,11-12H2,1-6H3/t15-,16+,26+/m0/s1. The zero-order valence-corrected chi connectivity index (χ0v) is 17.1. The van der Waals surface area contributed by atoms with Crippen LogP contribution in [0.5, 0.6) is 0 Å². The zero-order valence-electron chi connectivity index (χ0n) is 16.3. The lowest BCUT2D eigenvalue weighted by molar-refractivity contribution is -0.0669. The molecule has 146 valence electrons. The quantitative estimate of drug-likeness (QED) is 0.865. The van der Waals surface area contributed by atoms with Gasteiger partial charge >= 0.3 is 6.09 Å². The van der Waals surface area contributed by atoms with E-state index in [1.54, 1.807) is 46.8 Å². The average Bonchev–Trinajstić information content (AvgIpc) is 2.81. The van der Waals surface area contributed by atoms with Crippen molar-refractivity contribution in [2.24, 2.45) is 0 Å². The molecule has 1 aliphatic rings. The van der Waals surface area contributed by atoms with Crippen LogP contribution in [0.25, 0.3) is 0 Å². The van der Waals surface area contributed by atoms with Crippen molar-refractivity contribution in [2.75, 3.05) is 12.4 Å². The number of amides is 1. The third-order valence-electron chi connectivity index (χ3n) is 4.16. The van der Waals surface area contributed by atoms with Gasteiger partial charge in [-0.2, -0.15) is 0 Å². The minimum atomic E-state index is -1.37. The SMILES string of the molecule is Cc1ccc([S@](=O)C[C@@H](O)[C@@H]2COC(C)(C)N2C(=O)OC(C)(C)C)cc1. The van der Waals surface area contributed by atoms with Crippen LogP contribution < -0.4 is 0 Å². The third kappa shape index (κ3) is 5.05. The Hall–Kier alpha value is -1.44. The molecule has 0 unspecified atom stereocenters. The summed E-state index contributed by atoms with van der Waals surface area (Å²) in [5, 5.41) is 10.7. The Bertz CT molecular complexity index is 666. The Morgan fingerprint density at radius 2 is 1.96 bits per heavy atom. The van der Waals surface area contributed by atoms with Crippen molar-refractivity contribution in [3.05, 3.63) is 29.8 Å². The van der Waals surface area contributed by atoms with Gasteiger partial charge in [-0.3, -0.25) is 9.11 Å². The van der Waals surface area contributed by atoms with Gasteiger partial charge in [0, 0.05) is 4.90 Å². The minimum Gasteiger partial charge on any atom is -0.444 e. The number of benzene rings is 1. The Morgan fingerprint density at radius 1 is 1.38 bits per heavy atom. The first kappa shape index (κ1) is 20.9. The molecule has 26 heavy (non-hydrogen) atoms. The molecule has 1 aromatic rings. The van der Waals surface area contributed by atoms with Crippen molar-refractivity contribution in [1.82, 2.24) is 4.90 Å². The highest BCUT2D eigenvalue weighted by atomic mass is 32.2. The zero-order chi connectivity index (χ0) is 19.7. The van der Waals surface area contributed by atoms with Crippen LogP contribution in [0.3, 0.4) is 0 Å². The minimum absolute atomic E-state index is 0.0203. The van der Waals surface area contributed by atoms with Gasteiger partial charge in [0.1, 0.15) is 11.3 Å². The molecular weight excluding hydrogens is 354 g/mol. The number of carbonyl (C=O) groups is 1. The van der Waals surface area contributed by atoms with Gasteiger partial charge in [0.25, 0.3) is 0 Å². The molecule has 1 heterocycles. The first-order valence-electron chi connectivity index (χ1n) is 8.70. The average molecular weight is 384 g/mol. The molecule has 6 nitrogen and oxygen atoms in total. The maximum absolute atomic E-state index is 12.6. The molecule has 1 N–H and O–H groups in total. The lowest BCUT2D eigenvalue weighted by Crippen LogP contribution is -2.54. The van der Waals surface area contributed by atoms with Gasteiger partial charge in [-0.15, -0.1) is 0 Å². The van der Waals surface area contributed by atoms with Crippen molar-refractivity contribution in [3.63, 3.8) is 0 Å². The molecule has 0 aromatic heterocycles. The number of hydrogen-bond donors (Lipinski definition) is 1. The van der Waals surface area contributed by atoms with Crippen LogP contribution in [0.4, 0.5) is 4.79 Å². The fourth-order valence-corrected chi connectivity index (χ4v) is 4.00. The predicted molar refractivity (Wildman–Crippen MR) is 100 cm³/mol. The molecular formula is C19H29NO5S. The summed E-state index contributed by atoms with van der Waals surface area (Å²) < 4.78 is 23.7. The van der Waals surface area contributed by atoms with Gasteiger partial charge < -0.3 is 14.6 Å². The first-order chi connectivity index (χ1) is 11.9. The molecule has 0 bridgehead atoms. The van der Waals surface area contributed by atoms with Crippen LogP contribution in [-0.2, 0) is 20.3 Å². The van der Waals surface area contributed by atoms with Crippen LogP contribution in [0.2, 0.25) is 0 Å². The molecule has 3 atom stereocenters. The van der Waals surface area contributed by atoms with Crippen LogP contribution in [-0.4, -0.2) is 56.1 Å². The number of ether oxygens (including phenoxy) is 2. The van der Waals surface area contributed by atoms with Gasteiger partial charge in [-0.25, -0.2) is 4.79 Å². The second kappa shape index (κ2) is 7.66. The molecule has 1 aliphatic heterocycles. The summed E-state index contributed by atoms with van der Waals surface area (Å²) in [5.41, 5.74) is -0.483. The fourth-order valence-electron chi connectivity index (χ4n) is 2.83. The summed E-state index contributed by atoms with van der Waals surface area (Å²) in [6.45, 7) is 11.0. The van der Waals surface area contributed by atoms with Gasteiger partial charge in [0.05, 0.1) is 35.3 Å². The number of nitrogens with zero attached hydrogens (tertiary/aromatic N) is 1. The molecule has 0 radical (unpaired) electrons. The first-order valence-corrected chi connectivity index (χ1v) is 10.0. The van der Waals surface area contributed by atoms with E-state index < -0.39 is 40.4 Å². The van der Waals surface area contributed by atoms with E-state index in [1.165, 1.54) is 4.90 Å². The van der Waals surface area contributed by atoms with Crippen LogP contribution in [0, 0.1) is 6.92 Å². The topological polar surface area (TPSA) is 76.1 Å². The maximum atomic E-state index is 12.6. The fraction of sp³-hybridized carbons (Fsp3) is 0.632. The molecule has 1 aromatic carbocycles. The summed E-state index contributed by atoms with van der Waals surface area (Å²) in [4.78, 5) is 14.7. The van der Waals surface area contributed by atoms with E-state index in [0.29, 0.717) is 4.90 Å². The maximum Gasteiger partial charge on any atom is 0.412 e. The Kier molecular flexibility index (Phi) is 6.15. The second-order valence-corrected chi connectivity index (χ2v) is 9.56. The van der Waals surface area contributed by atoms with Crippen LogP contribution in [0.1, 0.15) is 40.2 Å². The Labute approximate surface area is 157 Å². The lowest BCUT2D eigenvalue weighted by atomic mass is 10.1. The van der Waals surface area contributed by atoms with E-state index in [2.05, 4.69) is 0 Å². The number of aliphatic hydroxyl groups excluding tert-OH is 1. The van der Waals surface area contributed by atoms with Gasteiger partial charge in [0.15, 0.2) is 0 Å². The van der Waals surface area contributed by atoms with Crippen molar-refractivity contribution in [1.29, 1.82) is 0 Å². The van der Waals surface area contributed by atoms with Crippen LogP contribution >= 0.6 is 0 Å². The van der Waals surface area contributed by atoms with E-state index in [0.717, 1.165) is 5.56 Å².